The van der Waals surface area contributed by atoms with Crippen LogP contribution in [0.25, 0.3) is 0 Å². The van der Waals surface area contributed by atoms with Crippen LogP contribution < -0.4 is 5.32 Å². The lowest BCUT2D eigenvalue weighted by Gasteiger charge is -2.26. The lowest BCUT2D eigenvalue weighted by Crippen LogP contribution is -2.24. The highest BCUT2D eigenvalue weighted by atomic mass is 35.5. The van der Waals surface area contributed by atoms with Crippen LogP contribution in [0, 0.1) is 5.41 Å². The number of halogens is 1. The van der Waals surface area contributed by atoms with Gasteiger partial charge < -0.3 is 5.32 Å². The zero-order chi connectivity index (χ0) is 15.9. The molecule has 5 heteroatoms. The van der Waals surface area contributed by atoms with Gasteiger partial charge in [0, 0.05) is 12.4 Å². The van der Waals surface area contributed by atoms with Crippen LogP contribution in [0.5, 0.6) is 0 Å². The largest absolute Gasteiger partial charge is 0.383 e. The van der Waals surface area contributed by atoms with E-state index >= 15 is 0 Å². The molecule has 1 aromatic carbocycles. The molecule has 0 fully saturated rings. The van der Waals surface area contributed by atoms with Crippen molar-refractivity contribution in [2.24, 2.45) is 5.41 Å². The van der Waals surface area contributed by atoms with Crippen LogP contribution in [0.3, 0.4) is 0 Å². The van der Waals surface area contributed by atoms with Gasteiger partial charge in [0.25, 0.3) is 0 Å². The van der Waals surface area contributed by atoms with Gasteiger partial charge in [-0.3, -0.25) is 0 Å². The molecule has 0 bridgehead atoms. The SMILES string of the molecule is CCCS(=O)(=O)c1ccccc1NCC(C)(C)CCCCl. The van der Waals surface area contributed by atoms with Crippen molar-refractivity contribution in [3.8, 4) is 0 Å². The van der Waals surface area contributed by atoms with Crippen LogP contribution in [-0.2, 0) is 9.84 Å². The van der Waals surface area contributed by atoms with E-state index in [1.807, 2.05) is 19.1 Å². The second-order valence-electron chi connectivity index (χ2n) is 6.13. The van der Waals surface area contributed by atoms with E-state index in [0.717, 1.165) is 19.4 Å². The fourth-order valence-electron chi connectivity index (χ4n) is 2.23. The van der Waals surface area contributed by atoms with Gasteiger partial charge in [0.1, 0.15) is 0 Å². The minimum absolute atomic E-state index is 0.0799. The van der Waals surface area contributed by atoms with E-state index in [-0.39, 0.29) is 11.2 Å². The number of benzene rings is 1. The molecular weight excluding hydrogens is 306 g/mol. The average Bonchev–Trinajstić information content (AvgIpc) is 2.43. The van der Waals surface area contributed by atoms with Crippen molar-refractivity contribution in [1.82, 2.24) is 0 Å². The molecule has 0 atom stereocenters. The number of nitrogens with one attached hydrogen (secondary N) is 1. The highest BCUT2D eigenvalue weighted by Crippen LogP contribution is 2.27. The topological polar surface area (TPSA) is 46.2 Å². The fourth-order valence-corrected chi connectivity index (χ4v) is 3.88. The van der Waals surface area contributed by atoms with Crippen molar-refractivity contribution < 1.29 is 8.42 Å². The summed E-state index contributed by atoms with van der Waals surface area (Å²) >= 11 is 5.74. The summed E-state index contributed by atoms with van der Waals surface area (Å²) in [7, 11) is -3.21. The number of para-hydroxylation sites is 1. The van der Waals surface area contributed by atoms with E-state index in [0.29, 0.717) is 22.9 Å². The van der Waals surface area contributed by atoms with E-state index in [9.17, 15) is 8.42 Å². The van der Waals surface area contributed by atoms with Gasteiger partial charge in [-0.2, -0.15) is 0 Å². The quantitative estimate of drug-likeness (QED) is 0.685. The second kappa shape index (κ2) is 8.04. The molecule has 0 aliphatic heterocycles. The number of sulfone groups is 1. The Morgan fingerprint density at radius 3 is 2.52 bits per heavy atom. The first kappa shape index (κ1) is 18.3. The predicted molar refractivity (Wildman–Crippen MR) is 91.0 cm³/mol. The summed E-state index contributed by atoms with van der Waals surface area (Å²) in [6, 6.07) is 7.14. The molecule has 0 radical (unpaired) electrons. The molecule has 0 heterocycles. The summed E-state index contributed by atoms with van der Waals surface area (Å²) < 4.78 is 24.6. The number of anilines is 1. The number of hydrogen-bond donors (Lipinski definition) is 1. The lowest BCUT2D eigenvalue weighted by molar-refractivity contribution is 0.355. The van der Waals surface area contributed by atoms with Crippen LogP contribution in [0.2, 0.25) is 0 Å². The first-order valence-corrected chi connectivity index (χ1v) is 9.63. The smallest absolute Gasteiger partial charge is 0.180 e. The maximum Gasteiger partial charge on any atom is 0.180 e. The molecular formula is C16H26ClNO2S. The summed E-state index contributed by atoms with van der Waals surface area (Å²) in [6.45, 7) is 6.93. The normalized spacial score (nSPS) is 12.4. The molecule has 0 saturated carbocycles. The molecule has 120 valence electrons. The first-order chi connectivity index (χ1) is 9.82. The summed E-state index contributed by atoms with van der Waals surface area (Å²) in [5, 5.41) is 3.30. The highest BCUT2D eigenvalue weighted by Gasteiger charge is 2.20. The Bertz CT molecular complexity index is 541. The zero-order valence-electron chi connectivity index (χ0n) is 13.2. The number of alkyl halides is 1. The Kier molecular flexibility index (Phi) is 7.01. The van der Waals surface area contributed by atoms with E-state index in [1.165, 1.54) is 0 Å². The molecule has 0 spiro atoms. The summed E-state index contributed by atoms with van der Waals surface area (Å²) in [6.07, 6.45) is 2.59. The maximum absolute atomic E-state index is 12.3. The van der Waals surface area contributed by atoms with Crippen molar-refractivity contribution in [3.63, 3.8) is 0 Å². The Balaban J connectivity index is 2.86. The molecule has 1 aromatic rings. The maximum atomic E-state index is 12.3. The van der Waals surface area contributed by atoms with Crippen LogP contribution in [-0.4, -0.2) is 26.6 Å². The van der Waals surface area contributed by atoms with Crippen molar-refractivity contribution in [2.75, 3.05) is 23.5 Å². The van der Waals surface area contributed by atoms with E-state index < -0.39 is 9.84 Å². The van der Waals surface area contributed by atoms with Gasteiger partial charge in [0.05, 0.1) is 16.3 Å². The van der Waals surface area contributed by atoms with E-state index in [2.05, 4.69) is 19.2 Å². The molecule has 0 saturated heterocycles. The predicted octanol–water partition coefficient (Wildman–Crippen LogP) is 4.33. The van der Waals surface area contributed by atoms with Crippen molar-refractivity contribution in [2.45, 2.75) is 44.9 Å². The van der Waals surface area contributed by atoms with Crippen molar-refractivity contribution in [3.05, 3.63) is 24.3 Å². The Morgan fingerprint density at radius 1 is 1.24 bits per heavy atom. The van der Waals surface area contributed by atoms with Gasteiger partial charge in [0.2, 0.25) is 0 Å². The van der Waals surface area contributed by atoms with E-state index in [4.69, 9.17) is 11.6 Å². The second-order valence-corrected chi connectivity index (χ2v) is 8.58. The van der Waals surface area contributed by atoms with Crippen LogP contribution >= 0.6 is 11.6 Å². The summed E-state index contributed by atoms with van der Waals surface area (Å²) in [5.41, 5.74) is 0.779. The number of hydrogen-bond acceptors (Lipinski definition) is 3. The summed E-state index contributed by atoms with van der Waals surface area (Å²) in [4.78, 5) is 0.403. The molecule has 1 N–H and O–H groups in total. The van der Waals surface area contributed by atoms with Gasteiger partial charge in [-0.15, -0.1) is 11.6 Å². The third kappa shape index (κ3) is 5.87. The van der Waals surface area contributed by atoms with Gasteiger partial charge in [-0.1, -0.05) is 32.9 Å². The summed E-state index contributed by atoms with van der Waals surface area (Å²) in [5.74, 6) is 0.840. The Hall–Kier alpha value is -0.740. The van der Waals surface area contributed by atoms with Gasteiger partial charge in [0.15, 0.2) is 9.84 Å². The van der Waals surface area contributed by atoms with Gasteiger partial charge in [-0.25, -0.2) is 8.42 Å². The average molecular weight is 332 g/mol. The molecule has 1 rings (SSSR count). The van der Waals surface area contributed by atoms with E-state index in [1.54, 1.807) is 12.1 Å². The van der Waals surface area contributed by atoms with Crippen LogP contribution in [0.4, 0.5) is 5.69 Å². The van der Waals surface area contributed by atoms with Crippen molar-refractivity contribution >= 4 is 27.1 Å². The van der Waals surface area contributed by atoms with Crippen molar-refractivity contribution in [1.29, 1.82) is 0 Å². The molecule has 0 unspecified atom stereocenters. The molecule has 3 nitrogen and oxygen atoms in total. The molecule has 0 aliphatic rings. The minimum Gasteiger partial charge on any atom is -0.383 e. The van der Waals surface area contributed by atoms with Crippen LogP contribution in [0.1, 0.15) is 40.0 Å². The monoisotopic (exact) mass is 331 g/mol. The third-order valence-electron chi connectivity index (χ3n) is 3.44. The van der Waals surface area contributed by atoms with Crippen LogP contribution in [0.15, 0.2) is 29.2 Å². The van der Waals surface area contributed by atoms with Gasteiger partial charge >= 0.3 is 0 Å². The molecule has 0 aromatic heterocycles. The minimum atomic E-state index is -3.21. The zero-order valence-corrected chi connectivity index (χ0v) is 14.7. The third-order valence-corrected chi connectivity index (χ3v) is 5.68. The van der Waals surface area contributed by atoms with Gasteiger partial charge in [-0.05, 0) is 36.8 Å². The number of rotatable bonds is 9. The highest BCUT2D eigenvalue weighted by molar-refractivity contribution is 7.91. The molecule has 21 heavy (non-hydrogen) atoms. The lowest BCUT2D eigenvalue weighted by atomic mass is 9.88. The molecule has 0 amide bonds. The fraction of sp³-hybridized carbons (Fsp3) is 0.625. The Morgan fingerprint density at radius 2 is 1.90 bits per heavy atom. The first-order valence-electron chi connectivity index (χ1n) is 7.44. The standard InChI is InChI=1S/C16H26ClNO2S/c1-4-12-21(19,20)15-9-6-5-8-14(15)18-13-16(2,3)10-7-11-17/h5-6,8-9,18H,4,7,10-13H2,1-3H3. The molecule has 0 aliphatic carbocycles. The Labute approximate surface area is 134 Å².